The topological polar surface area (TPSA) is 36.7 Å². The predicted molar refractivity (Wildman–Crippen MR) is 54.3 cm³/mol. The first kappa shape index (κ1) is 10.2. The number of nitrogens with zero attached hydrogens (tertiary/aromatic N) is 2. The van der Waals surface area contributed by atoms with Gasteiger partial charge < -0.3 is 0 Å². The number of halogens is 2. The summed E-state index contributed by atoms with van der Waals surface area (Å²) in [5.41, 5.74) is 0.467. The summed E-state index contributed by atoms with van der Waals surface area (Å²) in [7, 11) is 0. The molecule has 4 heteroatoms. The Kier molecular flexibility index (Phi) is 2.61. The fourth-order valence-electron chi connectivity index (χ4n) is 1.35. The fourth-order valence-corrected chi connectivity index (χ4v) is 1.35. The normalized spacial score (nSPS) is 9.81. The van der Waals surface area contributed by atoms with Crippen molar-refractivity contribution in [2.24, 2.45) is 0 Å². The van der Waals surface area contributed by atoms with Gasteiger partial charge >= 0.3 is 0 Å². The molecule has 2 aromatic rings. The van der Waals surface area contributed by atoms with Crippen LogP contribution in [-0.4, -0.2) is 4.98 Å². The molecule has 16 heavy (non-hydrogen) atoms. The highest BCUT2D eigenvalue weighted by Crippen LogP contribution is 2.22. The Balaban J connectivity index is 2.59. The zero-order valence-corrected chi connectivity index (χ0v) is 8.11. The third-order valence-corrected chi connectivity index (χ3v) is 2.09. The van der Waals surface area contributed by atoms with Gasteiger partial charge in [-0.25, -0.2) is 13.8 Å². The number of nitriles is 1. The van der Waals surface area contributed by atoms with Crippen LogP contribution in [0.25, 0.3) is 11.3 Å². The Morgan fingerprint density at radius 3 is 2.56 bits per heavy atom. The molecule has 0 saturated carbocycles. The second-order valence-corrected chi connectivity index (χ2v) is 3.12. The number of benzene rings is 1. The van der Waals surface area contributed by atoms with E-state index in [4.69, 9.17) is 5.26 Å². The van der Waals surface area contributed by atoms with Gasteiger partial charge in [0, 0.05) is 5.56 Å². The van der Waals surface area contributed by atoms with Crippen LogP contribution in [-0.2, 0) is 0 Å². The highest BCUT2D eigenvalue weighted by molar-refractivity contribution is 5.60. The molecular formula is C12H6F2N2. The molecular weight excluding hydrogens is 210 g/mol. The monoisotopic (exact) mass is 216 g/mol. The van der Waals surface area contributed by atoms with Crippen molar-refractivity contribution in [3.8, 4) is 17.3 Å². The largest absolute Gasteiger partial charge is 0.237 e. The summed E-state index contributed by atoms with van der Waals surface area (Å²) in [6.07, 6.45) is 0. The van der Waals surface area contributed by atoms with Crippen molar-refractivity contribution in [2.75, 3.05) is 0 Å². The quantitative estimate of drug-likeness (QED) is 0.734. The van der Waals surface area contributed by atoms with Gasteiger partial charge in [0.2, 0.25) is 0 Å². The first-order valence-electron chi connectivity index (χ1n) is 4.54. The van der Waals surface area contributed by atoms with E-state index in [1.54, 1.807) is 6.07 Å². The lowest BCUT2D eigenvalue weighted by Crippen LogP contribution is -1.92. The van der Waals surface area contributed by atoms with Crippen LogP contribution < -0.4 is 0 Å². The van der Waals surface area contributed by atoms with Crippen LogP contribution >= 0.6 is 0 Å². The first-order valence-corrected chi connectivity index (χ1v) is 4.54. The van der Waals surface area contributed by atoms with E-state index in [0.29, 0.717) is 0 Å². The van der Waals surface area contributed by atoms with Crippen LogP contribution in [0.15, 0.2) is 36.4 Å². The van der Waals surface area contributed by atoms with Crippen molar-refractivity contribution in [1.82, 2.24) is 4.98 Å². The van der Waals surface area contributed by atoms with Crippen molar-refractivity contribution < 1.29 is 8.78 Å². The maximum atomic E-state index is 13.4. The van der Waals surface area contributed by atoms with Gasteiger partial charge in [-0.3, -0.25) is 0 Å². The van der Waals surface area contributed by atoms with E-state index in [2.05, 4.69) is 4.98 Å². The molecule has 2 nitrogen and oxygen atoms in total. The minimum atomic E-state index is -0.954. The second kappa shape index (κ2) is 4.07. The summed E-state index contributed by atoms with van der Waals surface area (Å²) >= 11 is 0. The van der Waals surface area contributed by atoms with Crippen molar-refractivity contribution in [1.29, 1.82) is 5.26 Å². The van der Waals surface area contributed by atoms with E-state index in [-0.39, 0.29) is 17.0 Å². The van der Waals surface area contributed by atoms with Gasteiger partial charge in [-0.1, -0.05) is 12.1 Å². The fraction of sp³-hybridized carbons (Fsp3) is 0. The number of hydrogen-bond acceptors (Lipinski definition) is 2. The molecule has 0 radical (unpaired) electrons. The van der Waals surface area contributed by atoms with Crippen molar-refractivity contribution >= 4 is 0 Å². The molecule has 0 atom stereocenters. The smallest absolute Gasteiger partial charge is 0.168 e. The van der Waals surface area contributed by atoms with Gasteiger partial charge in [-0.05, 0) is 24.3 Å². The Labute approximate surface area is 90.8 Å². The first-order chi connectivity index (χ1) is 7.72. The molecule has 0 N–H and O–H groups in total. The predicted octanol–water partition coefficient (Wildman–Crippen LogP) is 2.90. The van der Waals surface area contributed by atoms with Crippen molar-refractivity contribution in [3.63, 3.8) is 0 Å². The van der Waals surface area contributed by atoms with Gasteiger partial charge in [0.1, 0.15) is 11.8 Å². The van der Waals surface area contributed by atoms with Crippen LogP contribution in [0.3, 0.4) is 0 Å². The van der Waals surface area contributed by atoms with E-state index in [1.165, 1.54) is 24.3 Å². The molecule has 0 amide bonds. The van der Waals surface area contributed by atoms with Crippen LogP contribution in [0, 0.1) is 23.0 Å². The van der Waals surface area contributed by atoms with E-state index >= 15 is 0 Å². The molecule has 0 fully saturated rings. The number of aromatic nitrogens is 1. The van der Waals surface area contributed by atoms with E-state index < -0.39 is 11.6 Å². The number of rotatable bonds is 1. The maximum Gasteiger partial charge on any atom is 0.168 e. The zero-order chi connectivity index (χ0) is 11.5. The minimum absolute atomic E-state index is 0.0529. The maximum absolute atomic E-state index is 13.4. The van der Waals surface area contributed by atoms with Gasteiger partial charge in [0.15, 0.2) is 11.6 Å². The molecule has 0 unspecified atom stereocenters. The molecule has 0 aliphatic heterocycles. The average Bonchev–Trinajstić information content (AvgIpc) is 2.33. The van der Waals surface area contributed by atoms with Gasteiger partial charge in [-0.2, -0.15) is 5.26 Å². The standard InChI is InChI=1S/C12H6F2N2/c13-10-5-2-4-9(12(10)14)11-6-1-3-8(7-15)16-11/h1-6H. The molecule has 0 saturated heterocycles. The summed E-state index contributed by atoms with van der Waals surface area (Å²) in [5, 5.41) is 8.65. The lowest BCUT2D eigenvalue weighted by molar-refractivity contribution is 0.511. The summed E-state index contributed by atoms with van der Waals surface area (Å²) < 4.78 is 26.4. The van der Waals surface area contributed by atoms with E-state index in [9.17, 15) is 8.78 Å². The summed E-state index contributed by atoms with van der Waals surface area (Å²) in [5.74, 6) is -1.88. The third kappa shape index (κ3) is 1.75. The SMILES string of the molecule is N#Cc1cccc(-c2cccc(F)c2F)n1. The molecule has 0 aliphatic rings. The molecule has 0 spiro atoms. The van der Waals surface area contributed by atoms with E-state index in [0.717, 1.165) is 6.07 Å². The van der Waals surface area contributed by atoms with Gasteiger partial charge in [-0.15, -0.1) is 0 Å². The Morgan fingerprint density at radius 2 is 1.81 bits per heavy atom. The second-order valence-electron chi connectivity index (χ2n) is 3.12. The molecule has 2 rings (SSSR count). The molecule has 1 heterocycles. The van der Waals surface area contributed by atoms with Crippen LogP contribution in [0.4, 0.5) is 8.78 Å². The molecule has 0 bridgehead atoms. The molecule has 1 aromatic heterocycles. The molecule has 0 aliphatic carbocycles. The van der Waals surface area contributed by atoms with Gasteiger partial charge in [0.25, 0.3) is 0 Å². The lowest BCUT2D eigenvalue weighted by atomic mass is 10.1. The highest BCUT2D eigenvalue weighted by atomic mass is 19.2. The lowest BCUT2D eigenvalue weighted by Gasteiger charge is -2.03. The summed E-state index contributed by atoms with van der Waals surface area (Å²) in [6.45, 7) is 0. The number of pyridine rings is 1. The molecule has 1 aromatic carbocycles. The van der Waals surface area contributed by atoms with Crippen LogP contribution in [0.2, 0.25) is 0 Å². The average molecular weight is 216 g/mol. The summed E-state index contributed by atoms with van der Waals surface area (Å²) in [4.78, 5) is 3.90. The van der Waals surface area contributed by atoms with Crippen LogP contribution in [0.1, 0.15) is 5.69 Å². The molecule has 78 valence electrons. The summed E-state index contributed by atoms with van der Waals surface area (Å²) in [6, 6.07) is 10.3. The van der Waals surface area contributed by atoms with Crippen molar-refractivity contribution in [3.05, 3.63) is 53.7 Å². The van der Waals surface area contributed by atoms with Crippen LogP contribution in [0.5, 0.6) is 0 Å². The zero-order valence-electron chi connectivity index (χ0n) is 8.11. The van der Waals surface area contributed by atoms with E-state index in [1.807, 2.05) is 6.07 Å². The van der Waals surface area contributed by atoms with Gasteiger partial charge in [0.05, 0.1) is 5.69 Å². The Bertz CT molecular complexity index is 573. The van der Waals surface area contributed by atoms with Crippen molar-refractivity contribution in [2.45, 2.75) is 0 Å². The Hall–Kier alpha value is -2.28. The number of hydrogen-bond donors (Lipinski definition) is 0. The highest BCUT2D eigenvalue weighted by Gasteiger charge is 2.10. The minimum Gasteiger partial charge on any atom is -0.237 e. The third-order valence-electron chi connectivity index (χ3n) is 2.09. The Morgan fingerprint density at radius 1 is 1.06 bits per heavy atom.